The monoisotopic (exact) mass is 301 g/mol. The smallest absolute Gasteiger partial charge is 0.220 e. The third-order valence-electron chi connectivity index (χ3n) is 4.54. The SMILES string of the molecule is CCc1ccc(O)c(N2C(N)=NC(N)=NC23CCCCC3)c1. The number of anilines is 1. The molecule has 0 atom stereocenters. The van der Waals surface area contributed by atoms with Crippen molar-refractivity contribution >= 4 is 17.6 Å². The number of aromatic hydroxyl groups is 1. The summed E-state index contributed by atoms with van der Waals surface area (Å²) in [6, 6.07) is 5.59. The first kappa shape index (κ1) is 14.7. The number of nitrogens with zero attached hydrogens (tertiary/aromatic N) is 3. The minimum absolute atomic E-state index is 0.191. The van der Waals surface area contributed by atoms with E-state index in [2.05, 4.69) is 16.9 Å². The van der Waals surface area contributed by atoms with Crippen LogP contribution in [0.2, 0.25) is 0 Å². The van der Waals surface area contributed by atoms with E-state index in [0.717, 1.165) is 37.7 Å². The van der Waals surface area contributed by atoms with Gasteiger partial charge in [-0.05, 0) is 49.8 Å². The highest BCUT2D eigenvalue weighted by atomic mass is 16.3. The molecule has 6 heteroatoms. The normalized spacial score (nSPS) is 20.7. The highest BCUT2D eigenvalue weighted by Gasteiger charge is 2.43. The Morgan fingerprint density at radius 2 is 1.95 bits per heavy atom. The van der Waals surface area contributed by atoms with Crippen molar-refractivity contribution < 1.29 is 5.11 Å². The number of phenols is 1. The number of benzene rings is 1. The number of aryl methyl sites for hydroxylation is 1. The van der Waals surface area contributed by atoms with Crippen LogP contribution in [0.3, 0.4) is 0 Å². The van der Waals surface area contributed by atoms with Gasteiger partial charge in [0, 0.05) is 0 Å². The molecule has 1 saturated carbocycles. The molecular formula is C16H23N5O. The van der Waals surface area contributed by atoms with E-state index in [-0.39, 0.29) is 11.7 Å². The Bertz CT molecular complexity index is 631. The molecule has 1 spiro atoms. The first-order chi connectivity index (χ1) is 10.6. The topological polar surface area (TPSA) is 100 Å². The van der Waals surface area contributed by atoms with E-state index in [1.807, 2.05) is 17.0 Å². The van der Waals surface area contributed by atoms with E-state index >= 15 is 0 Å². The number of phenolic OH excluding ortho intramolecular Hbond substituents is 1. The Morgan fingerprint density at radius 1 is 1.23 bits per heavy atom. The van der Waals surface area contributed by atoms with Gasteiger partial charge in [0.25, 0.3) is 0 Å². The average Bonchev–Trinajstić information content (AvgIpc) is 2.49. The lowest BCUT2D eigenvalue weighted by atomic mass is 9.87. The summed E-state index contributed by atoms with van der Waals surface area (Å²) in [6.45, 7) is 2.08. The van der Waals surface area contributed by atoms with Gasteiger partial charge in [-0.2, -0.15) is 4.99 Å². The van der Waals surface area contributed by atoms with Gasteiger partial charge in [-0.15, -0.1) is 0 Å². The van der Waals surface area contributed by atoms with Gasteiger partial charge in [-0.3, -0.25) is 4.90 Å². The molecule has 1 aromatic rings. The van der Waals surface area contributed by atoms with E-state index in [9.17, 15) is 5.11 Å². The van der Waals surface area contributed by atoms with Crippen LogP contribution < -0.4 is 16.4 Å². The summed E-state index contributed by atoms with van der Waals surface area (Å²) in [4.78, 5) is 10.6. The van der Waals surface area contributed by atoms with Gasteiger partial charge in [0.15, 0.2) is 0 Å². The molecule has 0 bridgehead atoms. The molecule has 22 heavy (non-hydrogen) atoms. The Morgan fingerprint density at radius 3 is 2.64 bits per heavy atom. The maximum absolute atomic E-state index is 10.3. The number of hydrogen-bond acceptors (Lipinski definition) is 6. The predicted molar refractivity (Wildman–Crippen MR) is 89.0 cm³/mol. The molecule has 1 fully saturated rings. The molecular weight excluding hydrogens is 278 g/mol. The van der Waals surface area contributed by atoms with Crippen molar-refractivity contribution in [3.05, 3.63) is 23.8 Å². The molecule has 118 valence electrons. The maximum atomic E-state index is 10.3. The molecule has 5 N–H and O–H groups in total. The summed E-state index contributed by atoms with van der Waals surface area (Å²) in [5.41, 5.74) is 13.3. The molecule has 1 heterocycles. The van der Waals surface area contributed by atoms with Crippen LogP contribution in [-0.4, -0.2) is 22.7 Å². The quantitative estimate of drug-likeness (QED) is 0.778. The van der Waals surface area contributed by atoms with E-state index in [1.165, 1.54) is 6.42 Å². The average molecular weight is 301 g/mol. The fraction of sp³-hybridized carbons (Fsp3) is 0.500. The van der Waals surface area contributed by atoms with Gasteiger partial charge in [-0.25, -0.2) is 4.99 Å². The van der Waals surface area contributed by atoms with Crippen molar-refractivity contribution in [2.45, 2.75) is 51.1 Å². The fourth-order valence-electron chi connectivity index (χ4n) is 3.44. The van der Waals surface area contributed by atoms with Crippen LogP contribution in [-0.2, 0) is 6.42 Å². The molecule has 0 unspecified atom stereocenters. The molecule has 1 aromatic carbocycles. The Kier molecular flexibility index (Phi) is 3.68. The first-order valence-electron chi connectivity index (χ1n) is 7.87. The van der Waals surface area contributed by atoms with Crippen molar-refractivity contribution in [3.8, 4) is 5.75 Å². The van der Waals surface area contributed by atoms with E-state index in [4.69, 9.17) is 11.5 Å². The number of rotatable bonds is 2. The lowest BCUT2D eigenvalue weighted by molar-refractivity contribution is 0.303. The molecule has 0 radical (unpaired) electrons. The molecule has 2 aliphatic rings. The molecule has 3 rings (SSSR count). The predicted octanol–water partition coefficient (Wildman–Crippen LogP) is 2.06. The molecule has 0 saturated heterocycles. The van der Waals surface area contributed by atoms with Gasteiger partial charge < -0.3 is 16.6 Å². The summed E-state index contributed by atoms with van der Waals surface area (Å²) in [5, 5.41) is 10.3. The van der Waals surface area contributed by atoms with Crippen molar-refractivity contribution in [1.29, 1.82) is 0 Å². The summed E-state index contributed by atoms with van der Waals surface area (Å²) in [7, 11) is 0. The highest BCUT2D eigenvalue weighted by Crippen LogP contribution is 2.42. The lowest BCUT2D eigenvalue weighted by Crippen LogP contribution is -2.58. The van der Waals surface area contributed by atoms with Crippen LogP contribution in [0, 0.1) is 0 Å². The molecule has 1 aliphatic carbocycles. The van der Waals surface area contributed by atoms with E-state index < -0.39 is 5.66 Å². The van der Waals surface area contributed by atoms with Crippen molar-refractivity contribution in [1.82, 2.24) is 0 Å². The first-order valence-corrected chi connectivity index (χ1v) is 7.87. The van der Waals surface area contributed by atoms with Crippen LogP contribution >= 0.6 is 0 Å². The zero-order valence-corrected chi connectivity index (χ0v) is 12.9. The second-order valence-corrected chi connectivity index (χ2v) is 6.00. The van der Waals surface area contributed by atoms with Crippen molar-refractivity contribution in [2.75, 3.05) is 4.90 Å². The summed E-state index contributed by atoms with van der Waals surface area (Å²) in [6.07, 6.45) is 5.92. The fourth-order valence-corrected chi connectivity index (χ4v) is 3.44. The molecule has 0 aromatic heterocycles. The Balaban J connectivity index is 2.12. The third-order valence-corrected chi connectivity index (χ3v) is 4.54. The van der Waals surface area contributed by atoms with Gasteiger partial charge in [0.2, 0.25) is 11.9 Å². The number of nitrogens with two attached hydrogens (primary N) is 2. The minimum Gasteiger partial charge on any atom is -0.506 e. The van der Waals surface area contributed by atoms with Gasteiger partial charge >= 0.3 is 0 Å². The second kappa shape index (κ2) is 5.51. The van der Waals surface area contributed by atoms with Gasteiger partial charge in [0.05, 0.1) is 5.69 Å². The number of hydrogen-bond donors (Lipinski definition) is 3. The third kappa shape index (κ3) is 2.38. The Labute approximate surface area is 130 Å². The number of guanidine groups is 2. The van der Waals surface area contributed by atoms with Gasteiger partial charge in [0.1, 0.15) is 11.4 Å². The minimum atomic E-state index is -0.516. The summed E-state index contributed by atoms with van der Waals surface area (Å²) in [5.74, 6) is 0.718. The molecule has 1 aliphatic heterocycles. The highest BCUT2D eigenvalue weighted by molar-refractivity contribution is 6.06. The molecule has 0 amide bonds. The lowest BCUT2D eigenvalue weighted by Gasteiger charge is -2.45. The van der Waals surface area contributed by atoms with Crippen LogP contribution in [0.1, 0.15) is 44.6 Å². The van der Waals surface area contributed by atoms with Crippen LogP contribution in [0.5, 0.6) is 5.75 Å². The van der Waals surface area contributed by atoms with Crippen molar-refractivity contribution in [3.63, 3.8) is 0 Å². The zero-order chi connectivity index (χ0) is 15.7. The summed E-state index contributed by atoms with van der Waals surface area (Å²) >= 11 is 0. The number of aliphatic imine (C=N–C) groups is 2. The second-order valence-electron chi connectivity index (χ2n) is 6.00. The summed E-state index contributed by atoms with van der Waals surface area (Å²) < 4.78 is 0. The zero-order valence-electron chi connectivity index (χ0n) is 12.9. The molecule has 6 nitrogen and oxygen atoms in total. The largest absolute Gasteiger partial charge is 0.506 e. The standard InChI is InChI=1S/C16H23N5O/c1-2-11-6-7-13(22)12(10-11)21-15(18)19-14(17)20-16(21)8-4-3-5-9-16/h6-7,10,22H,2-5,8-9H2,1H3,(H4,17,18,19,20). The van der Waals surface area contributed by atoms with E-state index in [0.29, 0.717) is 11.6 Å². The van der Waals surface area contributed by atoms with Crippen LogP contribution in [0.15, 0.2) is 28.2 Å². The van der Waals surface area contributed by atoms with Crippen molar-refractivity contribution in [2.24, 2.45) is 21.5 Å². The van der Waals surface area contributed by atoms with Gasteiger partial charge in [-0.1, -0.05) is 19.4 Å². The van der Waals surface area contributed by atoms with Crippen LogP contribution in [0.4, 0.5) is 5.69 Å². The maximum Gasteiger partial charge on any atom is 0.220 e. The van der Waals surface area contributed by atoms with Crippen LogP contribution in [0.25, 0.3) is 0 Å². The van der Waals surface area contributed by atoms with E-state index in [1.54, 1.807) is 6.07 Å². The Hall–Kier alpha value is -2.24.